The molecule has 36 heavy (non-hydrogen) atoms. The maximum atomic E-state index is 12.6. The second kappa shape index (κ2) is 11.2. The van der Waals surface area contributed by atoms with Crippen LogP contribution in [0, 0.1) is 0 Å². The number of nitrogens with zero attached hydrogens (tertiary/aromatic N) is 5. The van der Waals surface area contributed by atoms with Crippen molar-refractivity contribution in [2.24, 2.45) is 0 Å². The predicted molar refractivity (Wildman–Crippen MR) is 150 cm³/mol. The van der Waals surface area contributed by atoms with Crippen LogP contribution in [0.1, 0.15) is 59.4 Å². The van der Waals surface area contributed by atoms with Crippen molar-refractivity contribution in [3.8, 4) is 11.3 Å². The summed E-state index contributed by atoms with van der Waals surface area (Å²) < 4.78 is 1.88. The van der Waals surface area contributed by atoms with E-state index in [-0.39, 0.29) is 18.0 Å². The van der Waals surface area contributed by atoms with Crippen LogP contribution >= 0.6 is 11.3 Å². The van der Waals surface area contributed by atoms with Gasteiger partial charge in [0.25, 0.3) is 0 Å². The van der Waals surface area contributed by atoms with Gasteiger partial charge in [0.05, 0.1) is 6.54 Å². The minimum Gasteiger partial charge on any atom is -0.364 e. The average molecular weight is 512 g/mol. The van der Waals surface area contributed by atoms with Crippen LogP contribution in [-0.2, 0) is 11.2 Å². The van der Waals surface area contributed by atoms with Gasteiger partial charge in [0.2, 0.25) is 16.0 Å². The highest BCUT2D eigenvalue weighted by atomic mass is 32.1. The molecule has 0 bridgehead atoms. The minimum absolute atomic E-state index is 0.0137. The van der Waals surface area contributed by atoms with Crippen LogP contribution in [-0.4, -0.2) is 70.2 Å². The SMILES string of the molecule is CCc1ccc(-c2nc3sc(N(C)CC(=O)NCCN4CCCC[C@@H]4C)nn3c2NC(C)(C)C)cc1. The number of likely N-dealkylation sites (N-methyl/N-ethyl adjacent to an activating group) is 1. The molecular formula is C27H41N7OS. The van der Waals surface area contributed by atoms with E-state index in [4.69, 9.17) is 10.1 Å². The van der Waals surface area contributed by atoms with Crippen LogP contribution in [0.2, 0.25) is 0 Å². The van der Waals surface area contributed by atoms with Crippen LogP contribution in [0.4, 0.5) is 10.9 Å². The molecule has 1 aromatic carbocycles. The van der Waals surface area contributed by atoms with Crippen LogP contribution in [0.3, 0.4) is 0 Å². The van der Waals surface area contributed by atoms with E-state index in [1.807, 2.05) is 16.5 Å². The number of carbonyl (C=O) groups is 1. The summed E-state index contributed by atoms with van der Waals surface area (Å²) in [5, 5.41) is 12.3. The highest BCUT2D eigenvalue weighted by Gasteiger charge is 2.23. The molecule has 2 N–H and O–H groups in total. The molecule has 4 rings (SSSR count). The van der Waals surface area contributed by atoms with Gasteiger partial charge in [-0.3, -0.25) is 9.69 Å². The summed E-state index contributed by atoms with van der Waals surface area (Å²) >= 11 is 1.50. The molecular weight excluding hydrogens is 470 g/mol. The first kappa shape index (κ1) is 26.4. The number of likely N-dealkylation sites (tertiary alicyclic amines) is 1. The molecule has 0 unspecified atom stereocenters. The Hall–Kier alpha value is -2.65. The normalized spacial score (nSPS) is 16.9. The topological polar surface area (TPSA) is 77.8 Å². The zero-order valence-electron chi connectivity index (χ0n) is 22.6. The van der Waals surface area contributed by atoms with Crippen LogP contribution in [0.25, 0.3) is 16.2 Å². The lowest BCUT2D eigenvalue weighted by Gasteiger charge is -2.33. The minimum atomic E-state index is -0.157. The van der Waals surface area contributed by atoms with Gasteiger partial charge >= 0.3 is 0 Å². The van der Waals surface area contributed by atoms with Crippen LogP contribution in [0.15, 0.2) is 24.3 Å². The largest absolute Gasteiger partial charge is 0.364 e. The van der Waals surface area contributed by atoms with E-state index in [1.165, 1.54) is 36.2 Å². The second-order valence-corrected chi connectivity index (χ2v) is 11.8. The fraction of sp³-hybridized carbons (Fsp3) is 0.593. The molecule has 8 nitrogen and oxygen atoms in total. The van der Waals surface area contributed by atoms with Crippen molar-refractivity contribution in [3.63, 3.8) is 0 Å². The van der Waals surface area contributed by atoms with E-state index in [9.17, 15) is 4.79 Å². The Kier molecular flexibility index (Phi) is 8.20. The number of hydrogen-bond acceptors (Lipinski definition) is 7. The molecule has 9 heteroatoms. The Balaban J connectivity index is 1.46. The quantitative estimate of drug-likeness (QED) is 0.435. The number of fused-ring (bicyclic) bond motifs is 1. The van der Waals surface area contributed by atoms with Crippen molar-refractivity contribution in [1.29, 1.82) is 0 Å². The first-order valence-electron chi connectivity index (χ1n) is 13.1. The van der Waals surface area contributed by atoms with Gasteiger partial charge in [0.15, 0.2) is 5.82 Å². The third kappa shape index (κ3) is 6.37. The molecule has 3 aromatic rings. The molecule has 3 heterocycles. The Bertz CT molecular complexity index is 1160. The third-order valence-corrected chi connectivity index (χ3v) is 7.71. The number of amides is 1. The van der Waals surface area contributed by atoms with E-state index in [0.717, 1.165) is 46.7 Å². The number of benzene rings is 1. The molecule has 1 atom stereocenters. The summed E-state index contributed by atoms with van der Waals surface area (Å²) in [5.74, 6) is 0.887. The Morgan fingerprint density at radius 3 is 2.64 bits per heavy atom. The molecule has 0 radical (unpaired) electrons. The molecule has 1 amide bonds. The van der Waals surface area contributed by atoms with Gasteiger partial charge in [-0.1, -0.05) is 48.9 Å². The number of imidazole rings is 1. The van der Waals surface area contributed by atoms with Gasteiger partial charge in [-0.2, -0.15) is 4.52 Å². The van der Waals surface area contributed by atoms with Crippen molar-refractivity contribution < 1.29 is 4.79 Å². The smallest absolute Gasteiger partial charge is 0.239 e. The third-order valence-electron chi connectivity index (χ3n) is 6.69. The van der Waals surface area contributed by atoms with E-state index in [0.29, 0.717) is 12.6 Å². The van der Waals surface area contributed by atoms with Gasteiger partial charge < -0.3 is 15.5 Å². The van der Waals surface area contributed by atoms with Gasteiger partial charge in [-0.25, -0.2) is 4.98 Å². The Morgan fingerprint density at radius 1 is 1.22 bits per heavy atom. The van der Waals surface area contributed by atoms with Crippen LogP contribution in [0.5, 0.6) is 0 Å². The summed E-state index contributed by atoms with van der Waals surface area (Å²) in [6.07, 6.45) is 4.82. The average Bonchev–Trinajstić information content (AvgIpc) is 3.39. The molecule has 0 saturated carbocycles. The Labute approximate surface area is 219 Å². The number of hydrogen-bond donors (Lipinski definition) is 2. The fourth-order valence-electron chi connectivity index (χ4n) is 4.63. The summed E-state index contributed by atoms with van der Waals surface area (Å²) in [5.41, 5.74) is 3.10. The lowest BCUT2D eigenvalue weighted by molar-refractivity contribution is -0.119. The highest BCUT2D eigenvalue weighted by Crippen LogP contribution is 2.34. The van der Waals surface area contributed by atoms with Gasteiger partial charge in [0.1, 0.15) is 5.69 Å². The number of aromatic nitrogens is 3. The number of anilines is 2. The monoisotopic (exact) mass is 511 g/mol. The second-order valence-electron chi connectivity index (χ2n) is 10.9. The van der Waals surface area contributed by atoms with Crippen molar-refractivity contribution >= 4 is 33.2 Å². The summed E-state index contributed by atoms with van der Waals surface area (Å²) in [4.78, 5) is 22.7. The molecule has 2 aromatic heterocycles. The van der Waals surface area contributed by atoms with Gasteiger partial charge in [0, 0.05) is 37.3 Å². The van der Waals surface area contributed by atoms with Crippen molar-refractivity contribution in [2.75, 3.05) is 43.4 Å². The molecule has 0 spiro atoms. The van der Waals surface area contributed by atoms with Crippen molar-refractivity contribution in [2.45, 2.75) is 71.9 Å². The fourth-order valence-corrected chi connectivity index (χ4v) is 5.49. The zero-order chi connectivity index (χ0) is 25.9. The van der Waals surface area contributed by atoms with E-state index < -0.39 is 0 Å². The van der Waals surface area contributed by atoms with Gasteiger partial charge in [-0.15, -0.1) is 5.10 Å². The Morgan fingerprint density at radius 2 is 1.97 bits per heavy atom. The van der Waals surface area contributed by atoms with Crippen molar-refractivity contribution in [1.82, 2.24) is 24.8 Å². The zero-order valence-corrected chi connectivity index (χ0v) is 23.4. The number of aryl methyl sites for hydroxylation is 1. The van der Waals surface area contributed by atoms with E-state index >= 15 is 0 Å². The van der Waals surface area contributed by atoms with Crippen LogP contribution < -0.4 is 15.5 Å². The molecule has 1 fully saturated rings. The summed E-state index contributed by atoms with van der Waals surface area (Å²) in [7, 11) is 1.91. The number of piperidine rings is 1. The van der Waals surface area contributed by atoms with Gasteiger partial charge in [-0.05, 0) is 59.1 Å². The summed E-state index contributed by atoms with van der Waals surface area (Å²) in [6, 6.07) is 9.17. The number of carbonyl (C=O) groups excluding carboxylic acids is 1. The van der Waals surface area contributed by atoms with E-state index in [1.54, 1.807) is 0 Å². The maximum Gasteiger partial charge on any atom is 0.239 e. The molecule has 1 saturated heterocycles. The molecule has 1 aliphatic rings. The lowest BCUT2D eigenvalue weighted by Crippen LogP contribution is -2.44. The molecule has 1 aliphatic heterocycles. The number of nitrogens with one attached hydrogen (secondary N) is 2. The first-order chi connectivity index (χ1) is 17.1. The number of rotatable bonds is 9. The highest BCUT2D eigenvalue weighted by molar-refractivity contribution is 7.20. The molecule has 0 aliphatic carbocycles. The predicted octanol–water partition coefficient (Wildman–Crippen LogP) is 4.66. The van der Waals surface area contributed by atoms with Crippen molar-refractivity contribution in [3.05, 3.63) is 29.8 Å². The first-order valence-corrected chi connectivity index (χ1v) is 13.9. The van der Waals surface area contributed by atoms with E-state index in [2.05, 4.69) is 74.4 Å². The molecule has 196 valence electrons. The maximum absolute atomic E-state index is 12.6. The standard InChI is InChI=1S/C27H41N7OS/c1-7-20-11-13-21(14-12-20)23-24(30-27(3,4)5)34-25(29-23)36-26(31-34)32(6)18-22(35)28-15-17-33-16-9-8-10-19(33)2/h11-14,19,30H,7-10,15-18H2,1-6H3,(H,28,35)/t19-/m0/s1. The summed E-state index contributed by atoms with van der Waals surface area (Å²) in [6.45, 7) is 13.8. The lowest BCUT2D eigenvalue weighted by atomic mass is 10.0.